The van der Waals surface area contributed by atoms with Crippen LogP contribution in [0.15, 0.2) is 16.5 Å². The van der Waals surface area contributed by atoms with Crippen molar-refractivity contribution in [1.29, 1.82) is 0 Å². The first kappa shape index (κ1) is 12.2. The van der Waals surface area contributed by atoms with Gasteiger partial charge in [-0.15, -0.1) is 0 Å². The lowest BCUT2D eigenvalue weighted by Crippen LogP contribution is -2.33. The summed E-state index contributed by atoms with van der Waals surface area (Å²) in [5, 5.41) is 8.80. The molecule has 2 rings (SSSR count). The van der Waals surface area contributed by atoms with E-state index < -0.39 is 5.97 Å². The number of hydrogen-bond acceptors (Lipinski definition) is 3. The third kappa shape index (κ3) is 2.52. The minimum absolute atomic E-state index is 0.0277. The maximum Gasteiger partial charge on any atom is 0.371 e. The standard InChI is InChI=1S/C13H19NO3/c1-3-10-5-4-9(2)14(10)8-11-6-7-12(17-11)13(15)16/h6-7,9-10H,3-5,8H2,1-2H3,(H,15,16). The normalized spacial score (nSPS) is 25.3. The summed E-state index contributed by atoms with van der Waals surface area (Å²) in [5.74, 6) is -0.229. The van der Waals surface area contributed by atoms with Gasteiger partial charge in [-0.3, -0.25) is 4.90 Å². The molecule has 17 heavy (non-hydrogen) atoms. The number of carbonyl (C=O) groups is 1. The third-order valence-electron chi connectivity index (χ3n) is 3.63. The number of carboxylic acids is 1. The lowest BCUT2D eigenvalue weighted by molar-refractivity contribution is 0.0657. The van der Waals surface area contributed by atoms with Crippen molar-refractivity contribution in [3.63, 3.8) is 0 Å². The van der Waals surface area contributed by atoms with E-state index in [1.165, 1.54) is 18.9 Å². The van der Waals surface area contributed by atoms with Gasteiger partial charge in [0, 0.05) is 12.1 Å². The Labute approximate surface area is 101 Å². The van der Waals surface area contributed by atoms with Crippen LogP contribution in [-0.4, -0.2) is 28.1 Å². The van der Waals surface area contributed by atoms with Gasteiger partial charge in [-0.1, -0.05) is 6.92 Å². The van der Waals surface area contributed by atoms with E-state index in [0.29, 0.717) is 18.6 Å². The quantitative estimate of drug-likeness (QED) is 0.874. The highest BCUT2D eigenvalue weighted by Gasteiger charge is 2.29. The number of carboxylic acid groups (broad SMARTS) is 1. The SMILES string of the molecule is CCC1CCC(C)N1Cc1ccc(C(=O)O)o1. The first-order valence-electron chi connectivity index (χ1n) is 6.19. The van der Waals surface area contributed by atoms with Gasteiger partial charge in [0.05, 0.1) is 6.54 Å². The van der Waals surface area contributed by atoms with Crippen LogP contribution < -0.4 is 0 Å². The van der Waals surface area contributed by atoms with E-state index in [1.54, 1.807) is 6.07 Å². The average Bonchev–Trinajstić information content (AvgIpc) is 2.88. The zero-order chi connectivity index (χ0) is 12.4. The average molecular weight is 237 g/mol. The van der Waals surface area contributed by atoms with Gasteiger partial charge in [0.2, 0.25) is 5.76 Å². The Morgan fingerprint density at radius 2 is 2.29 bits per heavy atom. The van der Waals surface area contributed by atoms with Gasteiger partial charge < -0.3 is 9.52 Å². The monoisotopic (exact) mass is 237 g/mol. The van der Waals surface area contributed by atoms with E-state index in [0.717, 1.165) is 12.2 Å². The molecule has 0 aromatic carbocycles. The van der Waals surface area contributed by atoms with Crippen molar-refractivity contribution in [3.8, 4) is 0 Å². The highest BCUT2D eigenvalue weighted by Crippen LogP contribution is 2.28. The van der Waals surface area contributed by atoms with Crippen LogP contribution in [0.3, 0.4) is 0 Å². The number of rotatable bonds is 4. The fraction of sp³-hybridized carbons (Fsp3) is 0.615. The van der Waals surface area contributed by atoms with Crippen LogP contribution in [-0.2, 0) is 6.54 Å². The first-order chi connectivity index (χ1) is 8.11. The molecule has 2 unspecified atom stereocenters. The van der Waals surface area contributed by atoms with Crippen molar-refractivity contribution in [2.24, 2.45) is 0 Å². The second-order valence-electron chi connectivity index (χ2n) is 4.73. The second kappa shape index (κ2) is 4.92. The molecule has 0 aliphatic carbocycles. The van der Waals surface area contributed by atoms with E-state index in [9.17, 15) is 4.79 Å². The summed E-state index contributed by atoms with van der Waals surface area (Å²) in [6.45, 7) is 5.13. The smallest absolute Gasteiger partial charge is 0.371 e. The summed E-state index contributed by atoms with van der Waals surface area (Å²) < 4.78 is 5.31. The van der Waals surface area contributed by atoms with Gasteiger partial charge in [0.15, 0.2) is 0 Å². The summed E-state index contributed by atoms with van der Waals surface area (Å²) >= 11 is 0. The van der Waals surface area contributed by atoms with Gasteiger partial charge in [0.1, 0.15) is 5.76 Å². The highest BCUT2D eigenvalue weighted by atomic mass is 16.4. The van der Waals surface area contributed by atoms with E-state index in [-0.39, 0.29) is 5.76 Å². The van der Waals surface area contributed by atoms with Crippen molar-refractivity contribution >= 4 is 5.97 Å². The zero-order valence-corrected chi connectivity index (χ0v) is 10.3. The molecule has 2 heterocycles. The van der Waals surface area contributed by atoms with E-state index >= 15 is 0 Å². The molecular weight excluding hydrogens is 218 g/mol. The van der Waals surface area contributed by atoms with E-state index in [4.69, 9.17) is 9.52 Å². The summed E-state index contributed by atoms with van der Waals surface area (Å²) in [7, 11) is 0. The number of likely N-dealkylation sites (tertiary alicyclic amines) is 1. The Morgan fingerprint density at radius 1 is 1.53 bits per heavy atom. The number of hydrogen-bond donors (Lipinski definition) is 1. The Morgan fingerprint density at radius 3 is 2.88 bits per heavy atom. The van der Waals surface area contributed by atoms with Crippen LogP contribution in [0.1, 0.15) is 49.4 Å². The number of nitrogens with zero attached hydrogens (tertiary/aromatic N) is 1. The lowest BCUT2D eigenvalue weighted by Gasteiger charge is -2.26. The molecule has 1 aromatic rings. The molecular formula is C13H19NO3. The molecule has 1 aliphatic heterocycles. The summed E-state index contributed by atoms with van der Waals surface area (Å²) in [5.41, 5.74) is 0. The summed E-state index contributed by atoms with van der Waals surface area (Å²) in [4.78, 5) is 13.1. The molecule has 0 radical (unpaired) electrons. The zero-order valence-electron chi connectivity index (χ0n) is 10.3. The minimum Gasteiger partial charge on any atom is -0.475 e. The van der Waals surface area contributed by atoms with Crippen molar-refractivity contribution in [3.05, 3.63) is 23.7 Å². The fourth-order valence-electron chi connectivity index (χ4n) is 2.61. The van der Waals surface area contributed by atoms with E-state index in [1.807, 2.05) is 0 Å². The Balaban J connectivity index is 2.06. The van der Waals surface area contributed by atoms with Gasteiger partial charge in [-0.25, -0.2) is 4.79 Å². The summed E-state index contributed by atoms with van der Waals surface area (Å²) in [6.07, 6.45) is 3.58. The molecule has 2 atom stereocenters. The van der Waals surface area contributed by atoms with Crippen LogP contribution in [0.4, 0.5) is 0 Å². The number of furan rings is 1. The van der Waals surface area contributed by atoms with Crippen LogP contribution in [0.2, 0.25) is 0 Å². The predicted molar refractivity (Wildman–Crippen MR) is 64.0 cm³/mol. The predicted octanol–water partition coefficient (Wildman–Crippen LogP) is 2.74. The molecule has 1 saturated heterocycles. The number of aromatic carboxylic acids is 1. The van der Waals surface area contributed by atoms with Gasteiger partial charge in [-0.2, -0.15) is 0 Å². The van der Waals surface area contributed by atoms with Crippen molar-refractivity contribution in [2.75, 3.05) is 0 Å². The van der Waals surface area contributed by atoms with Gasteiger partial charge in [0.25, 0.3) is 0 Å². The molecule has 0 amide bonds. The maximum atomic E-state index is 10.7. The molecule has 1 N–H and O–H groups in total. The van der Waals surface area contributed by atoms with Gasteiger partial charge in [-0.05, 0) is 38.3 Å². The van der Waals surface area contributed by atoms with Crippen LogP contribution in [0.25, 0.3) is 0 Å². The molecule has 1 aromatic heterocycles. The molecule has 0 saturated carbocycles. The van der Waals surface area contributed by atoms with Crippen LogP contribution >= 0.6 is 0 Å². The third-order valence-corrected chi connectivity index (χ3v) is 3.63. The molecule has 0 spiro atoms. The van der Waals surface area contributed by atoms with Crippen molar-refractivity contribution in [2.45, 2.75) is 51.7 Å². The van der Waals surface area contributed by atoms with Crippen molar-refractivity contribution in [1.82, 2.24) is 4.90 Å². The Bertz CT molecular complexity index is 399. The van der Waals surface area contributed by atoms with Crippen LogP contribution in [0.5, 0.6) is 0 Å². The van der Waals surface area contributed by atoms with Crippen molar-refractivity contribution < 1.29 is 14.3 Å². The molecule has 94 valence electrons. The second-order valence-corrected chi connectivity index (χ2v) is 4.73. The first-order valence-corrected chi connectivity index (χ1v) is 6.19. The Kier molecular flexibility index (Phi) is 3.52. The molecule has 4 heteroatoms. The Hall–Kier alpha value is -1.29. The van der Waals surface area contributed by atoms with Gasteiger partial charge >= 0.3 is 5.97 Å². The molecule has 1 fully saturated rings. The molecule has 1 aliphatic rings. The molecule has 4 nitrogen and oxygen atoms in total. The lowest BCUT2D eigenvalue weighted by atomic mass is 10.1. The van der Waals surface area contributed by atoms with Crippen LogP contribution in [0, 0.1) is 0 Å². The largest absolute Gasteiger partial charge is 0.475 e. The highest BCUT2D eigenvalue weighted by molar-refractivity contribution is 5.84. The molecule has 0 bridgehead atoms. The van der Waals surface area contributed by atoms with E-state index in [2.05, 4.69) is 18.7 Å². The maximum absolute atomic E-state index is 10.7. The summed E-state index contributed by atoms with van der Waals surface area (Å²) in [6, 6.07) is 4.45. The fourth-order valence-corrected chi connectivity index (χ4v) is 2.61. The minimum atomic E-state index is -1.00. The topological polar surface area (TPSA) is 53.7 Å².